The highest BCUT2D eigenvalue weighted by Crippen LogP contribution is 2.29. The minimum absolute atomic E-state index is 0.314. The lowest BCUT2D eigenvalue weighted by atomic mass is 10.3. The van der Waals surface area contributed by atoms with Gasteiger partial charge in [-0.25, -0.2) is 9.97 Å². The van der Waals surface area contributed by atoms with E-state index in [1.165, 1.54) is 0 Å². The molecule has 2 aromatic rings. The normalized spacial score (nSPS) is 11.5. The van der Waals surface area contributed by atoms with E-state index in [0.29, 0.717) is 46.9 Å². The molecule has 1 aromatic carbocycles. The molecule has 2 rings (SSSR count). The monoisotopic (exact) mass is 405 g/mol. The smallest absolute Gasteiger partial charge is 0.398 e. The fourth-order valence-corrected chi connectivity index (χ4v) is 3.12. The molecule has 0 atom stereocenters. The molecule has 1 N–H and O–H groups in total. The van der Waals surface area contributed by atoms with Gasteiger partial charge in [0.25, 0.3) is 0 Å². The molecule has 0 aliphatic rings. The number of nitrogens with zero attached hydrogens (tertiary/aromatic N) is 2. The fourth-order valence-electron chi connectivity index (χ4n) is 2.13. The Morgan fingerprint density at radius 3 is 2.73 bits per heavy atom. The molecule has 1 aromatic heterocycles. The van der Waals surface area contributed by atoms with Gasteiger partial charge in [-0.2, -0.15) is 13.2 Å². The molecule has 9 heteroatoms. The van der Waals surface area contributed by atoms with Crippen molar-refractivity contribution in [2.75, 3.05) is 24.2 Å². The van der Waals surface area contributed by atoms with Crippen molar-refractivity contribution in [3.05, 3.63) is 40.8 Å². The Morgan fingerprint density at radius 1 is 1.27 bits per heavy atom. The van der Waals surface area contributed by atoms with Gasteiger partial charge in [-0.05, 0) is 31.5 Å². The number of rotatable bonds is 8. The van der Waals surface area contributed by atoms with E-state index in [-0.39, 0.29) is 0 Å². The third-order valence-electron chi connectivity index (χ3n) is 3.24. The Bertz CT molecular complexity index is 744. The van der Waals surface area contributed by atoms with Crippen molar-refractivity contribution >= 4 is 29.2 Å². The van der Waals surface area contributed by atoms with Crippen LogP contribution in [0.25, 0.3) is 0 Å². The maximum Gasteiger partial charge on any atom is 0.398 e. The first-order valence-corrected chi connectivity index (χ1v) is 9.34. The zero-order chi connectivity index (χ0) is 19.2. The molecular weight excluding hydrogens is 387 g/mol. The van der Waals surface area contributed by atoms with E-state index in [2.05, 4.69) is 15.3 Å². The van der Waals surface area contributed by atoms with Gasteiger partial charge in [0.2, 0.25) is 0 Å². The third-order valence-corrected chi connectivity index (χ3v) is 4.69. The molecule has 0 amide bonds. The number of hydrogen-bond donors (Lipinski definition) is 1. The first-order valence-electron chi connectivity index (χ1n) is 7.98. The summed E-state index contributed by atoms with van der Waals surface area (Å²) < 4.78 is 42.4. The molecule has 0 radical (unpaired) electrons. The number of halogens is 4. The summed E-state index contributed by atoms with van der Waals surface area (Å²) >= 11 is 6.98. The number of anilines is 1. The van der Waals surface area contributed by atoms with Crippen LogP contribution in [0.1, 0.15) is 18.4 Å². The predicted molar refractivity (Wildman–Crippen MR) is 98.4 cm³/mol. The van der Waals surface area contributed by atoms with E-state index in [1.807, 2.05) is 6.92 Å². The average Bonchev–Trinajstić information content (AvgIpc) is 2.59. The molecule has 0 unspecified atom stereocenters. The van der Waals surface area contributed by atoms with Crippen molar-refractivity contribution < 1.29 is 17.9 Å². The van der Waals surface area contributed by atoms with Crippen molar-refractivity contribution in [1.29, 1.82) is 0 Å². The number of nitrogens with one attached hydrogen (secondary N) is 1. The van der Waals surface area contributed by atoms with Gasteiger partial charge in [0.05, 0.1) is 18.0 Å². The molecule has 0 saturated carbocycles. The van der Waals surface area contributed by atoms with E-state index in [0.717, 1.165) is 17.5 Å². The average molecular weight is 406 g/mol. The lowest BCUT2D eigenvalue weighted by Gasteiger charge is -2.12. The standard InChI is InChI=1S/C17H19ClF3N3OS/c1-3-14-15(18)16(24-11(2)23-14)22-7-8-25-12-5-4-6-13(9-12)26-10-17(19,20)21/h4-6,9H,3,7-8,10H2,1-2H3,(H,22,23,24). The quantitative estimate of drug-likeness (QED) is 0.486. The predicted octanol–water partition coefficient (Wildman–Crippen LogP) is 5.15. The number of alkyl halides is 3. The van der Waals surface area contributed by atoms with E-state index < -0.39 is 11.9 Å². The number of thioether (sulfide) groups is 1. The minimum atomic E-state index is -4.20. The molecule has 0 fully saturated rings. The molecule has 0 aliphatic carbocycles. The van der Waals surface area contributed by atoms with E-state index in [9.17, 15) is 13.2 Å². The van der Waals surface area contributed by atoms with Crippen molar-refractivity contribution in [3.63, 3.8) is 0 Å². The molecule has 4 nitrogen and oxygen atoms in total. The van der Waals surface area contributed by atoms with Crippen LogP contribution in [0.2, 0.25) is 5.02 Å². The van der Waals surface area contributed by atoms with Crippen LogP contribution in [0.3, 0.4) is 0 Å². The molecule has 0 saturated heterocycles. The summed E-state index contributed by atoms with van der Waals surface area (Å²) in [7, 11) is 0. The van der Waals surface area contributed by atoms with Gasteiger partial charge in [0, 0.05) is 4.90 Å². The molecule has 0 spiro atoms. The number of benzene rings is 1. The summed E-state index contributed by atoms with van der Waals surface area (Å²) in [5, 5.41) is 3.59. The number of hydrogen-bond acceptors (Lipinski definition) is 5. The van der Waals surface area contributed by atoms with Gasteiger partial charge in [-0.15, -0.1) is 11.8 Å². The van der Waals surface area contributed by atoms with Crippen LogP contribution in [0.15, 0.2) is 29.2 Å². The Morgan fingerprint density at radius 2 is 2.04 bits per heavy atom. The number of ether oxygens (including phenoxy) is 1. The van der Waals surface area contributed by atoms with Crippen LogP contribution in [0.4, 0.5) is 19.0 Å². The SMILES string of the molecule is CCc1nc(C)nc(NCCOc2cccc(SCC(F)(F)F)c2)c1Cl. The number of aromatic nitrogens is 2. The zero-order valence-electron chi connectivity index (χ0n) is 14.4. The summed E-state index contributed by atoms with van der Waals surface area (Å²) in [6.07, 6.45) is -3.49. The van der Waals surface area contributed by atoms with Crippen LogP contribution in [0.5, 0.6) is 5.75 Å². The Kier molecular flexibility index (Phi) is 7.40. The van der Waals surface area contributed by atoms with Gasteiger partial charge < -0.3 is 10.1 Å². The second-order valence-electron chi connectivity index (χ2n) is 5.39. The molecule has 1 heterocycles. The lowest BCUT2D eigenvalue weighted by molar-refractivity contribution is -0.105. The second kappa shape index (κ2) is 9.32. The number of aryl methyl sites for hydroxylation is 2. The van der Waals surface area contributed by atoms with Gasteiger partial charge in [-0.1, -0.05) is 24.6 Å². The third kappa shape index (κ3) is 6.57. The van der Waals surface area contributed by atoms with Gasteiger partial charge in [0.1, 0.15) is 29.0 Å². The highest BCUT2D eigenvalue weighted by molar-refractivity contribution is 7.99. The fraction of sp³-hybridized carbons (Fsp3) is 0.412. The van der Waals surface area contributed by atoms with E-state index >= 15 is 0 Å². The summed E-state index contributed by atoms with van der Waals surface area (Å²) in [4.78, 5) is 9.05. The highest BCUT2D eigenvalue weighted by atomic mass is 35.5. The Labute approximate surface area is 159 Å². The first-order chi connectivity index (χ1) is 12.3. The zero-order valence-corrected chi connectivity index (χ0v) is 15.9. The maximum atomic E-state index is 12.3. The lowest BCUT2D eigenvalue weighted by Crippen LogP contribution is -2.14. The van der Waals surface area contributed by atoms with Crippen LogP contribution < -0.4 is 10.1 Å². The van der Waals surface area contributed by atoms with E-state index in [4.69, 9.17) is 16.3 Å². The minimum Gasteiger partial charge on any atom is -0.492 e. The molecule has 26 heavy (non-hydrogen) atoms. The Balaban J connectivity index is 1.86. The van der Waals surface area contributed by atoms with Crippen molar-refractivity contribution in [1.82, 2.24) is 9.97 Å². The van der Waals surface area contributed by atoms with Crippen LogP contribution in [0, 0.1) is 6.92 Å². The summed E-state index contributed by atoms with van der Waals surface area (Å²) in [5.41, 5.74) is 0.775. The van der Waals surface area contributed by atoms with E-state index in [1.54, 1.807) is 31.2 Å². The topological polar surface area (TPSA) is 47.0 Å². The van der Waals surface area contributed by atoms with Crippen LogP contribution >= 0.6 is 23.4 Å². The first kappa shape index (κ1) is 20.6. The summed E-state index contributed by atoms with van der Waals surface area (Å²) in [6, 6.07) is 6.58. The van der Waals surface area contributed by atoms with Crippen molar-refractivity contribution in [2.45, 2.75) is 31.3 Å². The largest absolute Gasteiger partial charge is 0.492 e. The van der Waals surface area contributed by atoms with Crippen LogP contribution in [-0.4, -0.2) is 35.0 Å². The van der Waals surface area contributed by atoms with Crippen LogP contribution in [-0.2, 0) is 6.42 Å². The second-order valence-corrected chi connectivity index (χ2v) is 6.81. The summed E-state index contributed by atoms with van der Waals surface area (Å²) in [5.74, 6) is 0.764. The van der Waals surface area contributed by atoms with Crippen molar-refractivity contribution in [2.24, 2.45) is 0 Å². The Hall–Kier alpha value is -1.67. The van der Waals surface area contributed by atoms with Gasteiger partial charge in [0.15, 0.2) is 0 Å². The molecule has 0 aliphatic heterocycles. The van der Waals surface area contributed by atoms with Gasteiger partial charge >= 0.3 is 6.18 Å². The highest BCUT2D eigenvalue weighted by Gasteiger charge is 2.27. The molecular formula is C17H19ClF3N3OS. The summed E-state index contributed by atoms with van der Waals surface area (Å²) in [6.45, 7) is 4.51. The maximum absolute atomic E-state index is 12.3. The molecule has 0 bridgehead atoms. The van der Waals surface area contributed by atoms with Gasteiger partial charge in [-0.3, -0.25) is 0 Å². The van der Waals surface area contributed by atoms with Crippen molar-refractivity contribution in [3.8, 4) is 5.75 Å². The molecule has 142 valence electrons.